The van der Waals surface area contributed by atoms with Gasteiger partial charge in [-0.05, 0) is 59.8 Å². The lowest BCUT2D eigenvalue weighted by Gasteiger charge is -2.37. The smallest absolute Gasteiger partial charge is 0.00357 e. The average Bonchev–Trinajstić information content (AvgIpc) is 2.78. The molecule has 1 heteroatoms. The van der Waals surface area contributed by atoms with E-state index in [0.717, 1.165) is 5.92 Å². The van der Waals surface area contributed by atoms with Crippen molar-refractivity contribution < 1.29 is 0 Å². The zero-order valence-electron chi connectivity index (χ0n) is 10.7. The van der Waals surface area contributed by atoms with Crippen LogP contribution in [0.15, 0.2) is 5.57 Å². The highest BCUT2D eigenvalue weighted by atomic mass is 32.1. The molecule has 2 unspecified atom stereocenters. The van der Waals surface area contributed by atoms with E-state index in [1.54, 1.807) is 0 Å². The maximum Gasteiger partial charge on any atom is 0.00357 e. The number of hydrogen-bond donors (Lipinski definition) is 0. The molecule has 2 atom stereocenters. The maximum atomic E-state index is 5.27. The fourth-order valence-electron chi connectivity index (χ4n) is 5.46. The number of hydrogen-bond acceptors (Lipinski definition) is 1. The predicted molar refractivity (Wildman–Crippen MR) is 71.6 cm³/mol. The lowest BCUT2D eigenvalue weighted by Crippen LogP contribution is -2.30. The molecule has 0 heterocycles. The van der Waals surface area contributed by atoms with E-state index in [9.17, 15) is 0 Å². The van der Waals surface area contributed by atoms with E-state index in [1.165, 1.54) is 44.1 Å². The van der Waals surface area contributed by atoms with Gasteiger partial charge in [0.1, 0.15) is 0 Å². The maximum absolute atomic E-state index is 5.27. The molecule has 0 aliphatic heterocycles. The van der Waals surface area contributed by atoms with Crippen LogP contribution in [-0.4, -0.2) is 5.02 Å². The van der Waals surface area contributed by atoms with Crippen LogP contribution in [0.25, 0.3) is 0 Å². The van der Waals surface area contributed by atoms with Crippen molar-refractivity contribution in [2.24, 2.45) is 22.2 Å². The van der Waals surface area contributed by atoms with Gasteiger partial charge in [-0.25, -0.2) is 0 Å². The highest BCUT2D eigenvalue weighted by Crippen LogP contribution is 2.77. The Labute approximate surface area is 105 Å². The van der Waals surface area contributed by atoms with Crippen molar-refractivity contribution in [2.45, 2.75) is 59.3 Å². The van der Waals surface area contributed by atoms with E-state index in [2.05, 4.69) is 25.8 Å². The van der Waals surface area contributed by atoms with Gasteiger partial charge in [-0.2, -0.15) is 0 Å². The molecule has 3 saturated carbocycles. The molecule has 88 valence electrons. The van der Waals surface area contributed by atoms with Gasteiger partial charge in [0.05, 0.1) is 0 Å². The van der Waals surface area contributed by atoms with E-state index in [-0.39, 0.29) is 0 Å². The van der Waals surface area contributed by atoms with Crippen molar-refractivity contribution >= 4 is 17.2 Å². The second-order valence-electron chi connectivity index (χ2n) is 6.99. The Morgan fingerprint density at radius 3 is 2.31 bits per heavy atom. The summed E-state index contributed by atoms with van der Waals surface area (Å²) in [6.45, 7) is 7.41. The van der Waals surface area contributed by atoms with E-state index in [4.69, 9.17) is 12.2 Å². The molecule has 0 amide bonds. The molecular weight excluding hydrogens is 212 g/mol. The monoisotopic (exact) mass is 234 g/mol. The fraction of sp³-hybridized carbons (Fsp3) is 0.867. The van der Waals surface area contributed by atoms with Gasteiger partial charge in [0.15, 0.2) is 0 Å². The van der Waals surface area contributed by atoms with Gasteiger partial charge in [0, 0.05) is 10.8 Å². The molecule has 0 nitrogen and oxygen atoms in total. The summed E-state index contributed by atoms with van der Waals surface area (Å²) in [6.07, 6.45) is 8.34. The number of fused-ring (bicyclic) bond motifs is 3. The fourth-order valence-corrected chi connectivity index (χ4v) is 5.89. The van der Waals surface area contributed by atoms with Crippen LogP contribution in [0.5, 0.6) is 0 Å². The number of rotatable bonds is 0. The third-order valence-corrected chi connectivity index (χ3v) is 6.74. The van der Waals surface area contributed by atoms with Gasteiger partial charge < -0.3 is 0 Å². The van der Waals surface area contributed by atoms with Gasteiger partial charge >= 0.3 is 0 Å². The lowest BCUT2D eigenvalue weighted by molar-refractivity contribution is 0.140. The summed E-state index contributed by atoms with van der Waals surface area (Å²) in [5.74, 6) is 0.873. The van der Waals surface area contributed by atoms with Crippen molar-refractivity contribution in [2.75, 3.05) is 0 Å². The SMILES string of the molecule is CC12CCC(C3(CCCC3)C1=C=S)C2(C)C. The Morgan fingerprint density at radius 1 is 1.12 bits per heavy atom. The number of allylic oxidation sites excluding steroid dienone is 1. The highest BCUT2D eigenvalue weighted by Gasteiger charge is 2.70. The van der Waals surface area contributed by atoms with Crippen LogP contribution < -0.4 is 0 Å². The summed E-state index contributed by atoms with van der Waals surface area (Å²) in [5.41, 5.74) is 2.80. The Morgan fingerprint density at radius 2 is 1.75 bits per heavy atom. The first-order valence-corrected chi connectivity index (χ1v) is 7.16. The van der Waals surface area contributed by atoms with Crippen LogP contribution in [-0.2, 0) is 0 Å². The highest BCUT2D eigenvalue weighted by molar-refractivity contribution is 7.78. The van der Waals surface area contributed by atoms with E-state index >= 15 is 0 Å². The van der Waals surface area contributed by atoms with Crippen molar-refractivity contribution in [1.82, 2.24) is 0 Å². The quantitative estimate of drug-likeness (QED) is 0.555. The van der Waals surface area contributed by atoms with Crippen molar-refractivity contribution in [1.29, 1.82) is 0 Å². The summed E-state index contributed by atoms with van der Waals surface area (Å²) in [7, 11) is 0. The van der Waals surface area contributed by atoms with Crippen molar-refractivity contribution in [3.63, 3.8) is 0 Å². The zero-order chi connectivity index (χ0) is 11.6. The van der Waals surface area contributed by atoms with E-state index < -0.39 is 0 Å². The first kappa shape index (κ1) is 11.0. The third kappa shape index (κ3) is 0.924. The topological polar surface area (TPSA) is 0 Å². The lowest BCUT2D eigenvalue weighted by atomic mass is 9.66. The molecule has 0 N–H and O–H groups in total. The van der Waals surface area contributed by atoms with Crippen LogP contribution in [0.3, 0.4) is 0 Å². The minimum atomic E-state index is 0.351. The summed E-state index contributed by atoms with van der Waals surface area (Å²) in [5, 5.41) is 3.22. The van der Waals surface area contributed by atoms with Gasteiger partial charge in [-0.15, -0.1) is 0 Å². The Balaban J connectivity index is 2.21. The largest absolute Gasteiger partial charge is 0.0588 e. The molecule has 0 aromatic rings. The molecule has 3 aliphatic rings. The third-order valence-electron chi connectivity index (χ3n) is 6.54. The molecule has 16 heavy (non-hydrogen) atoms. The Bertz CT molecular complexity index is 380. The normalized spacial score (nSPS) is 42.9. The van der Waals surface area contributed by atoms with Crippen LogP contribution in [0.1, 0.15) is 59.3 Å². The van der Waals surface area contributed by atoms with Gasteiger partial charge in [-0.3, -0.25) is 0 Å². The Hall–Kier alpha value is -0.130. The molecule has 3 rings (SSSR count). The van der Waals surface area contributed by atoms with E-state index in [1.807, 2.05) is 0 Å². The van der Waals surface area contributed by atoms with Crippen LogP contribution >= 0.6 is 12.2 Å². The first-order chi connectivity index (χ1) is 7.49. The van der Waals surface area contributed by atoms with Crippen LogP contribution in [0.4, 0.5) is 0 Å². The first-order valence-electron chi connectivity index (χ1n) is 6.75. The van der Waals surface area contributed by atoms with Gasteiger partial charge in [0.2, 0.25) is 0 Å². The summed E-state index contributed by atoms with van der Waals surface area (Å²) in [4.78, 5) is 0. The molecule has 0 saturated heterocycles. The molecule has 2 bridgehead atoms. The molecule has 0 aromatic carbocycles. The molecule has 0 radical (unpaired) electrons. The second kappa shape index (κ2) is 3.00. The number of thiocarbonyl (C=S) groups is 1. The van der Waals surface area contributed by atoms with Crippen molar-refractivity contribution in [3.8, 4) is 0 Å². The van der Waals surface area contributed by atoms with Crippen molar-refractivity contribution in [3.05, 3.63) is 5.57 Å². The molecule has 3 fully saturated rings. The molecule has 3 aliphatic carbocycles. The molecule has 1 spiro atoms. The predicted octanol–water partition coefficient (Wildman–Crippen LogP) is 4.53. The summed E-state index contributed by atoms with van der Waals surface area (Å²) < 4.78 is 0. The van der Waals surface area contributed by atoms with Gasteiger partial charge in [-0.1, -0.05) is 33.6 Å². The minimum absolute atomic E-state index is 0.351. The Kier molecular flexibility index (Phi) is 2.06. The van der Waals surface area contributed by atoms with Crippen LogP contribution in [0, 0.1) is 22.2 Å². The van der Waals surface area contributed by atoms with E-state index in [0.29, 0.717) is 16.2 Å². The van der Waals surface area contributed by atoms with Crippen LogP contribution in [0.2, 0.25) is 0 Å². The summed E-state index contributed by atoms with van der Waals surface area (Å²) >= 11 is 5.27. The van der Waals surface area contributed by atoms with Gasteiger partial charge in [0.25, 0.3) is 0 Å². The molecule has 0 aromatic heterocycles. The zero-order valence-corrected chi connectivity index (χ0v) is 11.5. The minimum Gasteiger partial charge on any atom is -0.0588 e. The molecular formula is C15H22S. The summed E-state index contributed by atoms with van der Waals surface area (Å²) in [6, 6.07) is 0. The standard InChI is InChI=1S/C15H22S/c1-13(2)11-6-9-14(13,3)12(10-16)15(11)7-4-5-8-15/h11H,4-9H2,1-3H3. The average molecular weight is 234 g/mol. The second-order valence-corrected chi connectivity index (χ2v) is 7.19.